The summed E-state index contributed by atoms with van der Waals surface area (Å²) in [5, 5.41) is 26.7. The number of hydrogen-bond acceptors (Lipinski definition) is 23. The monoisotopic (exact) mass is 1110 g/mol. The molecule has 0 aliphatic carbocycles. The fraction of sp³-hybridized carbons (Fsp3) is 0.522. The number of carbonyl (C=O) groups is 1. The van der Waals surface area contributed by atoms with Crippen LogP contribution < -0.4 is 16.6 Å². The number of ether oxygens (including phenoxy) is 4. The molecule has 12 atom stereocenters. The minimum atomic E-state index is -5.66. The summed E-state index contributed by atoms with van der Waals surface area (Å²) in [6.07, 6.45) is -1.44. The van der Waals surface area contributed by atoms with E-state index in [9.17, 15) is 66.5 Å². The Hall–Kier alpha value is -2.38. The number of aromatic nitrogens is 2. The Balaban J connectivity index is 0.000000350. The van der Waals surface area contributed by atoms with E-state index in [-0.39, 0.29) is 5.82 Å². The number of H-pyrrole nitrogens is 1. The van der Waals surface area contributed by atoms with Gasteiger partial charge >= 0.3 is 50.5 Å². The second-order valence-electron chi connectivity index (χ2n) is 12.3. The summed E-state index contributed by atoms with van der Waals surface area (Å²) in [5.74, 6) is -3.34. The molecule has 4 heterocycles. The van der Waals surface area contributed by atoms with Gasteiger partial charge in [0.1, 0.15) is 43.9 Å². The maximum absolute atomic E-state index is 14.8. The van der Waals surface area contributed by atoms with E-state index < -0.39 is 130 Å². The van der Waals surface area contributed by atoms with Crippen molar-refractivity contribution in [2.24, 2.45) is 5.11 Å². The summed E-state index contributed by atoms with van der Waals surface area (Å²) < 4.78 is 118. The highest BCUT2D eigenvalue weighted by molar-refractivity contribution is 8.45. The molecule has 66 heavy (non-hydrogen) atoms. The van der Waals surface area contributed by atoms with Gasteiger partial charge in [0.2, 0.25) is 11.6 Å². The van der Waals surface area contributed by atoms with E-state index in [1.165, 1.54) is 6.20 Å². The van der Waals surface area contributed by atoms with Gasteiger partial charge in [-0.1, -0.05) is 29.9 Å². The molecule has 0 aromatic carbocycles. The Labute approximate surface area is 376 Å². The zero-order valence-electron chi connectivity index (χ0n) is 32.2. The van der Waals surface area contributed by atoms with Crippen LogP contribution in [0.4, 0.5) is 4.39 Å². The smallest absolute Gasteiger partial charge is 0.388 e. The van der Waals surface area contributed by atoms with E-state index >= 15 is 0 Å². The molecule has 43 heteroatoms. The Morgan fingerprint density at radius 2 is 1.55 bits per heavy atom. The number of nitrogens with one attached hydrogen (secondary N) is 2. The number of thiol groups is 1. The summed E-state index contributed by atoms with van der Waals surface area (Å²) >= 11 is 7.86. The lowest BCUT2D eigenvalue weighted by Crippen LogP contribution is -2.48. The van der Waals surface area contributed by atoms with Crippen LogP contribution in [-0.4, -0.2) is 134 Å². The van der Waals surface area contributed by atoms with Gasteiger partial charge in [-0.15, -0.1) is 6.42 Å². The van der Waals surface area contributed by atoms with Gasteiger partial charge in [0.25, 0.3) is 11.5 Å². The average Bonchev–Trinajstić information content (AvgIpc) is 3.55. The van der Waals surface area contributed by atoms with E-state index in [1.807, 2.05) is 10.9 Å². The fourth-order valence-corrected chi connectivity index (χ4v) is 13.2. The molecule has 2 fully saturated rings. The molecule has 4 unspecified atom stereocenters. The second-order valence-corrected chi connectivity index (χ2v) is 24.0. The maximum atomic E-state index is 14.8. The molecule has 1 amide bonds. The van der Waals surface area contributed by atoms with E-state index in [0.29, 0.717) is 4.57 Å². The highest BCUT2D eigenvalue weighted by Crippen LogP contribution is 2.70. The first-order valence-corrected chi connectivity index (χ1v) is 27.8. The van der Waals surface area contributed by atoms with E-state index in [4.69, 9.17) is 59.5 Å². The summed E-state index contributed by atoms with van der Waals surface area (Å²) in [6, 6.07) is -0.735. The van der Waals surface area contributed by atoms with E-state index in [0.717, 1.165) is 30.3 Å². The largest absolute Gasteiger partial charge is 0.488 e. The van der Waals surface area contributed by atoms with Crippen LogP contribution in [0.3, 0.4) is 0 Å². The van der Waals surface area contributed by atoms with Crippen molar-refractivity contribution < 1.29 is 122 Å². The molecule has 0 radical (unpaired) electrons. The number of methoxy groups -OCH3 is 1. The first-order chi connectivity index (χ1) is 30.1. The lowest BCUT2D eigenvalue weighted by molar-refractivity contribution is -0.273. The molecule has 0 bridgehead atoms. The second kappa shape index (κ2) is 22.1. The Kier molecular flexibility index (Phi) is 19.4. The van der Waals surface area contributed by atoms with Crippen molar-refractivity contribution in [3.05, 3.63) is 68.2 Å². The third-order valence-corrected chi connectivity index (χ3v) is 17.2. The van der Waals surface area contributed by atoms with Gasteiger partial charge < -0.3 is 78.2 Å². The molecule has 0 saturated carbocycles. The Bertz CT molecular complexity index is 2550. The van der Waals surface area contributed by atoms with Crippen LogP contribution in [0.15, 0.2) is 51.6 Å². The van der Waals surface area contributed by atoms with Crippen LogP contribution in [0.5, 0.6) is 0 Å². The minimum absolute atomic E-state index is 0.0296. The number of hydrogen-bond donors (Lipinski definition) is 12. The number of carbonyl (C=O) groups excluding carboxylic acids is 1. The molecule has 34 nitrogen and oxygen atoms in total. The number of aliphatic hydroxyl groups excluding tert-OH is 2. The van der Waals surface area contributed by atoms with Gasteiger partial charge in [-0.3, -0.25) is 23.7 Å². The van der Waals surface area contributed by atoms with Crippen molar-refractivity contribution in [3.8, 4) is 12.3 Å². The fourth-order valence-electron chi connectivity index (χ4n) is 5.23. The van der Waals surface area contributed by atoms with Gasteiger partial charge in [0.15, 0.2) is 18.6 Å². The first kappa shape index (κ1) is 57.9. The zero-order chi connectivity index (χ0) is 50.5. The molecule has 3 aliphatic rings. The SMILES string of the molecule is C#CCO[C@]1(COP(O)(=S)OP(=O)(O)OP(=O)(O)O)O[C@@H](n2ccc(=O)[nH]c2=O)[C@H](F)[C@@H]1O.C=C1NC(=O)C=CN1[C@@H]1O[C@@](COP(=O)(S)OP(=O)(O)OP(=O)(O)O)(OC)[C@@H](N=[N+]=[N-])[C@H]1O. The summed E-state index contributed by atoms with van der Waals surface area (Å²) in [4.78, 5) is 103. The lowest BCUT2D eigenvalue weighted by atomic mass is 10.0. The molecule has 4 rings (SSSR count). The molecular weight excluding hydrogens is 1080 g/mol. The van der Waals surface area contributed by atoms with Crippen LogP contribution in [-0.2, 0) is 84.7 Å². The third kappa shape index (κ3) is 16.1. The number of aliphatic hydroxyl groups is 2. The number of terminal acetylenes is 1. The summed E-state index contributed by atoms with van der Waals surface area (Å²) in [6.45, 7) is -9.11. The topological polar surface area (TPSA) is 496 Å². The number of phosphoric acid groups is 4. The maximum Gasteiger partial charge on any atom is 0.488 e. The molecule has 372 valence electrons. The van der Waals surface area contributed by atoms with Crippen LogP contribution in [0, 0.1) is 12.3 Å². The van der Waals surface area contributed by atoms with Crippen LogP contribution in [0.1, 0.15) is 6.23 Å². The van der Waals surface area contributed by atoms with Gasteiger partial charge in [0, 0.05) is 36.6 Å². The average molecular weight is 1110 g/mol. The van der Waals surface area contributed by atoms with Gasteiger partial charge in [0.05, 0.1) is 0 Å². The predicted octanol–water partition coefficient (Wildman–Crippen LogP) is -1.01. The quantitative estimate of drug-likeness (QED) is 0.0186. The van der Waals surface area contributed by atoms with Crippen LogP contribution in [0.25, 0.3) is 10.4 Å². The number of rotatable bonds is 20. The highest BCUT2D eigenvalue weighted by Gasteiger charge is 2.60. The van der Waals surface area contributed by atoms with Gasteiger partial charge in [-0.25, -0.2) is 36.3 Å². The predicted molar refractivity (Wildman–Crippen MR) is 215 cm³/mol. The van der Waals surface area contributed by atoms with Crippen molar-refractivity contribution in [2.45, 2.75) is 48.5 Å². The third-order valence-electron chi connectivity index (χ3n) is 7.71. The standard InChI is InChI=1S/C12H16FN2O14P3S.C11H18N5O13P3S/c1-2-5-25-12(6-26-32(24,33)29-31(22,23)28-30(19,20)21)9(17)8(13)10(27-12)15-4-3-7(16)14-11(15)18;1-6-13-7(17)3-4-16(6)10-8(18)9(14-15-12)11(25-2,27-10)5-26-32(24,33)29-31(22,23)28-30(19,20)21/h1,3-4,8-10,17H,5-6H2,(H,22,23)(H,24,33)(H,14,16,18)(H2,19,20,21);3-4,8-10,18H,1,5H2,2H3,(H,13,17)(H,22,23)(H,24,33)(H2,19,20,21)/t8-,9+,10-,12-,32?;8-,9+,10-,11-,32?/m11/s1. The van der Waals surface area contributed by atoms with E-state index in [2.05, 4.69) is 63.2 Å². The van der Waals surface area contributed by atoms with Gasteiger partial charge in [-0.05, 0) is 17.3 Å². The van der Waals surface area contributed by atoms with Crippen molar-refractivity contribution in [2.75, 3.05) is 26.9 Å². The number of azide groups is 1. The molecule has 0 spiro atoms. The molecule has 2 saturated heterocycles. The van der Waals surface area contributed by atoms with Crippen molar-refractivity contribution >= 4 is 74.8 Å². The number of aromatic amines is 1. The molecule has 1 aromatic rings. The van der Waals surface area contributed by atoms with Crippen molar-refractivity contribution in [3.63, 3.8) is 0 Å². The van der Waals surface area contributed by atoms with E-state index in [1.54, 1.807) is 0 Å². The first-order valence-electron chi connectivity index (χ1n) is 16.4. The number of amides is 1. The number of nitrogens with zero attached hydrogens (tertiary/aromatic N) is 5. The van der Waals surface area contributed by atoms with Crippen molar-refractivity contribution in [1.29, 1.82) is 0 Å². The normalized spacial score (nSPS) is 30.3. The Morgan fingerprint density at radius 3 is 2.06 bits per heavy atom. The lowest BCUT2D eigenvalue weighted by Gasteiger charge is -2.34. The summed E-state index contributed by atoms with van der Waals surface area (Å²) in [7, 11) is -21.4. The Morgan fingerprint density at radius 1 is 0.985 bits per heavy atom. The number of halogens is 1. The molecule has 3 aliphatic heterocycles. The molecule has 11 N–H and O–H groups in total. The minimum Gasteiger partial charge on any atom is -0.388 e. The van der Waals surface area contributed by atoms with Crippen LogP contribution in [0.2, 0.25) is 0 Å². The zero-order valence-corrected chi connectivity index (χ0v) is 39.3. The summed E-state index contributed by atoms with van der Waals surface area (Å²) in [5.41, 5.74) is 6.95. The van der Waals surface area contributed by atoms with Crippen molar-refractivity contribution in [1.82, 2.24) is 19.8 Å². The highest BCUT2D eigenvalue weighted by atomic mass is 32.7. The molecular formula is C23H34FN7O27P6S2. The van der Waals surface area contributed by atoms with Gasteiger partial charge in [-0.2, -0.15) is 12.9 Å². The number of alkyl halides is 1. The van der Waals surface area contributed by atoms with Crippen LogP contribution >= 0.6 is 57.1 Å². The molecule has 1 aromatic heterocycles.